The number of nitrogens with zero attached hydrogens (tertiary/aromatic N) is 3. The molecule has 116 valence electrons. The summed E-state index contributed by atoms with van der Waals surface area (Å²) >= 11 is 0. The van der Waals surface area contributed by atoms with Gasteiger partial charge >= 0.3 is 7.12 Å². The summed E-state index contributed by atoms with van der Waals surface area (Å²) in [7, 11) is 1.07. The fourth-order valence-corrected chi connectivity index (χ4v) is 2.50. The van der Waals surface area contributed by atoms with Crippen LogP contribution in [-0.2, 0) is 11.3 Å². The highest BCUT2D eigenvalue weighted by Crippen LogP contribution is 2.23. The summed E-state index contributed by atoms with van der Waals surface area (Å²) in [6.45, 7) is 3.17. The van der Waals surface area contributed by atoms with Crippen molar-refractivity contribution < 1.29 is 9.68 Å². The van der Waals surface area contributed by atoms with Crippen LogP contribution < -0.4 is 15.7 Å². The van der Waals surface area contributed by atoms with E-state index in [0.717, 1.165) is 23.3 Å². The number of fused-ring (bicyclic) bond motifs is 1. The van der Waals surface area contributed by atoms with Crippen LogP contribution in [-0.4, -0.2) is 30.7 Å². The summed E-state index contributed by atoms with van der Waals surface area (Å²) < 4.78 is 5.19. The van der Waals surface area contributed by atoms with Gasteiger partial charge in [-0.1, -0.05) is 6.07 Å². The van der Waals surface area contributed by atoms with Gasteiger partial charge in [0.1, 0.15) is 17.7 Å². The lowest BCUT2D eigenvalue weighted by Crippen LogP contribution is -2.27. The molecule has 0 radical (unpaired) electrons. The van der Waals surface area contributed by atoms with Gasteiger partial charge in [-0.15, -0.1) is 0 Å². The van der Waals surface area contributed by atoms with Crippen molar-refractivity contribution in [1.82, 2.24) is 4.98 Å². The van der Waals surface area contributed by atoms with E-state index in [9.17, 15) is 10.3 Å². The monoisotopic (exact) mass is 308 g/mol. The molecule has 1 aliphatic heterocycles. The van der Waals surface area contributed by atoms with Crippen molar-refractivity contribution in [2.75, 3.05) is 23.8 Å². The number of anilines is 3. The molecule has 1 aliphatic rings. The smallest absolute Gasteiger partial charge is 0.423 e. The molecule has 0 aliphatic carbocycles. The van der Waals surface area contributed by atoms with Gasteiger partial charge in [0.25, 0.3) is 0 Å². The van der Waals surface area contributed by atoms with E-state index >= 15 is 0 Å². The summed E-state index contributed by atoms with van der Waals surface area (Å²) in [5, 5.41) is 22.1. The largest absolute Gasteiger partial charge is 0.491 e. The third-order valence-electron chi connectivity index (χ3n) is 3.91. The van der Waals surface area contributed by atoms with Gasteiger partial charge in [-0.25, -0.2) is 4.98 Å². The van der Waals surface area contributed by atoms with Gasteiger partial charge in [-0.3, -0.25) is 0 Å². The average molecular weight is 308 g/mol. The van der Waals surface area contributed by atoms with Gasteiger partial charge < -0.3 is 19.9 Å². The Kier molecular flexibility index (Phi) is 4.19. The molecule has 2 N–H and O–H groups in total. The Hall–Kier alpha value is -2.56. The molecule has 0 amide bonds. The van der Waals surface area contributed by atoms with Crippen molar-refractivity contribution >= 4 is 29.9 Å². The van der Waals surface area contributed by atoms with Crippen molar-refractivity contribution in [2.45, 2.75) is 13.5 Å². The maximum absolute atomic E-state index is 9.65. The second-order valence-corrected chi connectivity index (χ2v) is 5.40. The van der Waals surface area contributed by atoms with E-state index in [2.05, 4.69) is 16.4 Å². The first kappa shape index (κ1) is 15.3. The van der Waals surface area contributed by atoms with E-state index in [1.807, 2.05) is 37.1 Å². The highest BCUT2D eigenvalue weighted by atomic mass is 16.5. The minimum atomic E-state index is -0.836. The maximum Gasteiger partial charge on any atom is 0.491 e. The van der Waals surface area contributed by atoms with Crippen LogP contribution >= 0.6 is 0 Å². The first-order valence-corrected chi connectivity index (χ1v) is 7.44. The van der Waals surface area contributed by atoms with Gasteiger partial charge in [0, 0.05) is 19.3 Å². The standard InChI is InChI=1S/C16H17BN4O2/c1-3-21(2)16-11(9-18)4-7-15(20-16)19-13-5-6-14-12(8-13)10-23-17(14)22/h4-8,22H,3,10H2,1-2H3,(H,19,20). The van der Waals surface area contributed by atoms with E-state index in [4.69, 9.17) is 4.65 Å². The SMILES string of the molecule is CCN(C)c1nc(Nc2ccc3c(c2)COB3O)ccc1C#N. The summed E-state index contributed by atoms with van der Waals surface area (Å²) in [5.74, 6) is 1.32. The molecule has 0 fully saturated rings. The van der Waals surface area contributed by atoms with E-state index < -0.39 is 7.12 Å². The van der Waals surface area contributed by atoms with E-state index in [-0.39, 0.29) is 0 Å². The molecule has 0 saturated carbocycles. The zero-order chi connectivity index (χ0) is 16.4. The number of nitriles is 1. The maximum atomic E-state index is 9.65. The zero-order valence-corrected chi connectivity index (χ0v) is 13.1. The zero-order valence-electron chi connectivity index (χ0n) is 13.1. The van der Waals surface area contributed by atoms with Crippen LogP contribution in [0.25, 0.3) is 0 Å². The number of hydrogen-bond donors (Lipinski definition) is 2. The molecule has 1 aromatic heterocycles. The van der Waals surface area contributed by atoms with Crippen LogP contribution in [0.4, 0.5) is 17.3 Å². The van der Waals surface area contributed by atoms with Crippen LogP contribution in [0.5, 0.6) is 0 Å². The number of hydrogen-bond acceptors (Lipinski definition) is 6. The summed E-state index contributed by atoms with van der Waals surface area (Å²) in [6.07, 6.45) is 0. The lowest BCUT2D eigenvalue weighted by Gasteiger charge is -2.18. The van der Waals surface area contributed by atoms with E-state index in [1.54, 1.807) is 12.1 Å². The molecule has 2 heterocycles. The van der Waals surface area contributed by atoms with Gasteiger partial charge in [0.05, 0.1) is 12.2 Å². The van der Waals surface area contributed by atoms with Crippen LogP contribution in [0.2, 0.25) is 0 Å². The average Bonchev–Trinajstić information content (AvgIpc) is 2.94. The Morgan fingerprint density at radius 2 is 2.26 bits per heavy atom. The van der Waals surface area contributed by atoms with Gasteiger partial charge in [0.2, 0.25) is 0 Å². The summed E-state index contributed by atoms with van der Waals surface area (Å²) in [4.78, 5) is 6.46. The number of aromatic nitrogens is 1. The molecule has 7 heteroatoms. The molecular formula is C16H17BN4O2. The third kappa shape index (κ3) is 3.00. The van der Waals surface area contributed by atoms with Gasteiger partial charge in [0.15, 0.2) is 0 Å². The normalized spacial score (nSPS) is 12.7. The molecule has 0 bridgehead atoms. The number of pyridine rings is 1. The number of rotatable bonds is 4. The molecule has 0 spiro atoms. The molecule has 23 heavy (non-hydrogen) atoms. The quantitative estimate of drug-likeness (QED) is 0.830. The van der Waals surface area contributed by atoms with E-state index in [0.29, 0.717) is 23.8 Å². The van der Waals surface area contributed by atoms with Crippen molar-refractivity contribution in [1.29, 1.82) is 5.26 Å². The van der Waals surface area contributed by atoms with Crippen LogP contribution in [0, 0.1) is 11.3 Å². The van der Waals surface area contributed by atoms with Crippen molar-refractivity contribution in [3.8, 4) is 6.07 Å². The second kappa shape index (κ2) is 6.28. The fraction of sp³-hybridized carbons (Fsp3) is 0.250. The van der Waals surface area contributed by atoms with Crippen molar-refractivity contribution in [2.24, 2.45) is 0 Å². The Balaban J connectivity index is 1.87. The Labute approximate surface area is 135 Å². The van der Waals surface area contributed by atoms with E-state index in [1.165, 1.54) is 0 Å². The fourth-order valence-electron chi connectivity index (χ4n) is 2.50. The summed E-state index contributed by atoms with van der Waals surface area (Å²) in [5.41, 5.74) is 3.17. The first-order valence-electron chi connectivity index (χ1n) is 7.44. The van der Waals surface area contributed by atoms with Crippen molar-refractivity contribution in [3.05, 3.63) is 41.5 Å². The molecule has 6 nitrogen and oxygen atoms in total. The summed E-state index contributed by atoms with van der Waals surface area (Å²) in [6, 6.07) is 11.4. The minimum Gasteiger partial charge on any atom is -0.423 e. The molecule has 0 unspecified atom stereocenters. The minimum absolute atomic E-state index is 0.399. The molecule has 2 aromatic rings. The predicted molar refractivity (Wildman–Crippen MR) is 90.0 cm³/mol. The van der Waals surface area contributed by atoms with Gasteiger partial charge in [-0.05, 0) is 42.2 Å². The first-order chi connectivity index (χ1) is 11.1. The molecular weight excluding hydrogens is 291 g/mol. The third-order valence-corrected chi connectivity index (χ3v) is 3.91. The number of benzene rings is 1. The second-order valence-electron chi connectivity index (χ2n) is 5.40. The highest BCUT2D eigenvalue weighted by Gasteiger charge is 2.27. The molecule has 3 rings (SSSR count). The van der Waals surface area contributed by atoms with Gasteiger partial charge in [-0.2, -0.15) is 5.26 Å². The lowest BCUT2D eigenvalue weighted by molar-refractivity contribution is 0.275. The molecule has 0 atom stereocenters. The number of nitrogens with one attached hydrogen (secondary N) is 1. The predicted octanol–water partition coefficient (Wildman–Crippen LogP) is 1.37. The van der Waals surface area contributed by atoms with Crippen LogP contribution in [0.3, 0.4) is 0 Å². The van der Waals surface area contributed by atoms with Crippen LogP contribution in [0.1, 0.15) is 18.1 Å². The van der Waals surface area contributed by atoms with Crippen molar-refractivity contribution in [3.63, 3.8) is 0 Å². The topological polar surface area (TPSA) is 81.4 Å². The lowest BCUT2D eigenvalue weighted by atomic mass is 9.79. The molecule has 1 aromatic carbocycles. The Morgan fingerprint density at radius 1 is 1.43 bits per heavy atom. The van der Waals surface area contributed by atoms with Crippen LogP contribution in [0.15, 0.2) is 30.3 Å². The highest BCUT2D eigenvalue weighted by molar-refractivity contribution is 6.61. The Bertz CT molecular complexity index is 775. The Morgan fingerprint density at radius 3 is 3.00 bits per heavy atom. The molecule has 0 saturated heterocycles.